The highest BCUT2D eigenvalue weighted by atomic mass is 35.5. The molecule has 0 spiro atoms. The highest BCUT2D eigenvalue weighted by molar-refractivity contribution is 7.21. The second kappa shape index (κ2) is 11.9. The van der Waals surface area contributed by atoms with Crippen molar-refractivity contribution < 1.29 is 18.3 Å². The number of methoxy groups -OCH3 is 1. The highest BCUT2D eigenvalue weighted by Gasteiger charge is 2.33. The van der Waals surface area contributed by atoms with Crippen molar-refractivity contribution in [3.63, 3.8) is 0 Å². The summed E-state index contributed by atoms with van der Waals surface area (Å²) in [6.07, 6.45) is 3.35. The summed E-state index contributed by atoms with van der Waals surface area (Å²) in [5.41, 5.74) is 3.20. The minimum Gasteiger partial charge on any atom is -0.496 e. The van der Waals surface area contributed by atoms with Gasteiger partial charge in [-0.3, -0.25) is 4.79 Å². The molecule has 5 nitrogen and oxygen atoms in total. The molecule has 1 N–H and O–H groups in total. The van der Waals surface area contributed by atoms with Gasteiger partial charge in [0, 0.05) is 24.2 Å². The molecule has 0 radical (unpaired) electrons. The lowest BCUT2D eigenvalue weighted by molar-refractivity contribution is 0.0604. The first-order valence-electron chi connectivity index (χ1n) is 13.1. The summed E-state index contributed by atoms with van der Waals surface area (Å²) in [6, 6.07) is 17.6. The van der Waals surface area contributed by atoms with Crippen molar-refractivity contribution in [2.75, 3.05) is 14.2 Å². The average Bonchev–Trinajstić information content (AvgIpc) is 3.35. The Kier molecular flexibility index (Phi) is 8.36. The van der Waals surface area contributed by atoms with Crippen molar-refractivity contribution in [1.29, 1.82) is 5.26 Å². The van der Waals surface area contributed by atoms with Gasteiger partial charge in [-0.05, 0) is 80.3 Å². The molecule has 1 amide bonds. The lowest BCUT2D eigenvalue weighted by Gasteiger charge is -2.37. The fourth-order valence-corrected chi connectivity index (χ4v) is 6.92. The summed E-state index contributed by atoms with van der Waals surface area (Å²) in [5.74, 6) is -1.00. The van der Waals surface area contributed by atoms with Crippen LogP contribution in [0.1, 0.15) is 46.5 Å². The van der Waals surface area contributed by atoms with Crippen molar-refractivity contribution >= 4 is 38.9 Å². The van der Waals surface area contributed by atoms with Gasteiger partial charge < -0.3 is 15.0 Å². The molecule has 40 heavy (non-hydrogen) atoms. The number of benzene rings is 3. The summed E-state index contributed by atoms with van der Waals surface area (Å²) >= 11 is 7.43. The van der Waals surface area contributed by atoms with E-state index >= 15 is 0 Å². The summed E-state index contributed by atoms with van der Waals surface area (Å²) in [7, 11) is 3.52. The van der Waals surface area contributed by atoms with Crippen LogP contribution in [-0.2, 0) is 6.54 Å². The van der Waals surface area contributed by atoms with Gasteiger partial charge in [0.15, 0.2) is 0 Å². The molecule has 0 bridgehead atoms. The zero-order chi connectivity index (χ0) is 28.4. The maximum absolute atomic E-state index is 14.6. The number of rotatable bonds is 7. The summed E-state index contributed by atoms with van der Waals surface area (Å²) in [6.45, 7) is 0.233. The van der Waals surface area contributed by atoms with E-state index in [0.717, 1.165) is 65.8 Å². The van der Waals surface area contributed by atoms with E-state index < -0.39 is 11.6 Å². The number of carbonyl (C=O) groups excluding carboxylic acids is 1. The zero-order valence-corrected chi connectivity index (χ0v) is 23.7. The van der Waals surface area contributed by atoms with Crippen LogP contribution in [0.15, 0.2) is 54.6 Å². The van der Waals surface area contributed by atoms with Gasteiger partial charge in [0.2, 0.25) is 0 Å². The number of hydrogen-bond donors (Lipinski definition) is 1. The molecule has 9 heteroatoms. The lowest BCUT2D eigenvalue weighted by Crippen LogP contribution is -2.44. The van der Waals surface area contributed by atoms with Crippen LogP contribution in [0.3, 0.4) is 0 Å². The van der Waals surface area contributed by atoms with Crippen molar-refractivity contribution in [3.8, 4) is 22.9 Å². The Morgan fingerprint density at radius 3 is 2.38 bits per heavy atom. The maximum atomic E-state index is 14.6. The van der Waals surface area contributed by atoms with Gasteiger partial charge in [0.25, 0.3) is 5.91 Å². The SMILES string of the molecule is CNC1CCC(N(Cc2cc(-c3ccc(C#N)cc3)ccc2OC)C(=O)c2sc3c(F)ccc(F)c3c2Cl)CC1. The summed E-state index contributed by atoms with van der Waals surface area (Å²) < 4.78 is 34.9. The number of fused-ring (bicyclic) bond motifs is 1. The van der Waals surface area contributed by atoms with E-state index in [2.05, 4.69) is 11.4 Å². The number of hydrogen-bond acceptors (Lipinski definition) is 5. The molecule has 0 aliphatic heterocycles. The Morgan fingerprint density at radius 1 is 1.07 bits per heavy atom. The number of thiophene rings is 1. The summed E-state index contributed by atoms with van der Waals surface area (Å²) in [4.78, 5) is 16.1. The van der Waals surface area contributed by atoms with E-state index in [1.165, 1.54) is 0 Å². The topological polar surface area (TPSA) is 65.4 Å². The number of amides is 1. The number of carbonyl (C=O) groups is 1. The Bertz CT molecular complexity index is 1590. The zero-order valence-electron chi connectivity index (χ0n) is 22.1. The largest absolute Gasteiger partial charge is 0.496 e. The number of nitrogens with one attached hydrogen (secondary N) is 1. The van der Waals surface area contributed by atoms with Crippen LogP contribution in [0.25, 0.3) is 21.2 Å². The highest BCUT2D eigenvalue weighted by Crippen LogP contribution is 2.40. The minimum atomic E-state index is -0.658. The monoisotopic (exact) mass is 579 g/mol. The number of halogens is 3. The second-order valence-electron chi connectivity index (χ2n) is 9.92. The van der Waals surface area contributed by atoms with Crippen LogP contribution in [0.2, 0.25) is 5.02 Å². The van der Waals surface area contributed by atoms with Gasteiger partial charge in [-0.15, -0.1) is 11.3 Å². The van der Waals surface area contributed by atoms with Crippen LogP contribution in [-0.4, -0.2) is 37.0 Å². The van der Waals surface area contributed by atoms with Gasteiger partial charge in [-0.25, -0.2) is 8.78 Å². The van der Waals surface area contributed by atoms with Gasteiger partial charge in [-0.1, -0.05) is 29.8 Å². The van der Waals surface area contributed by atoms with Crippen LogP contribution >= 0.6 is 22.9 Å². The fourth-order valence-electron chi connectivity index (χ4n) is 5.41. The Labute approximate surface area is 240 Å². The molecule has 1 saturated carbocycles. The van der Waals surface area contributed by atoms with Gasteiger partial charge >= 0.3 is 0 Å². The molecular weight excluding hydrogens is 552 g/mol. The van der Waals surface area contributed by atoms with E-state index in [-0.39, 0.29) is 38.5 Å². The second-order valence-corrected chi connectivity index (χ2v) is 11.3. The smallest absolute Gasteiger partial charge is 0.266 e. The molecule has 1 fully saturated rings. The molecule has 0 atom stereocenters. The molecule has 0 unspecified atom stereocenters. The van der Waals surface area contributed by atoms with E-state index in [1.807, 2.05) is 37.4 Å². The first-order chi connectivity index (χ1) is 19.3. The molecule has 1 aromatic heterocycles. The van der Waals surface area contributed by atoms with E-state index in [1.54, 1.807) is 24.1 Å². The summed E-state index contributed by atoms with van der Waals surface area (Å²) in [5, 5.41) is 12.3. The van der Waals surface area contributed by atoms with E-state index in [9.17, 15) is 13.6 Å². The van der Waals surface area contributed by atoms with Gasteiger partial charge in [-0.2, -0.15) is 5.26 Å². The first-order valence-corrected chi connectivity index (χ1v) is 14.3. The van der Waals surface area contributed by atoms with Crippen molar-refractivity contribution in [3.05, 3.63) is 87.3 Å². The fraction of sp³-hybridized carbons (Fsp3) is 0.290. The van der Waals surface area contributed by atoms with Crippen LogP contribution in [0, 0.1) is 23.0 Å². The number of ether oxygens (including phenoxy) is 1. The van der Waals surface area contributed by atoms with Crippen molar-refractivity contribution in [1.82, 2.24) is 10.2 Å². The van der Waals surface area contributed by atoms with Crippen LogP contribution < -0.4 is 10.1 Å². The molecule has 1 aliphatic carbocycles. The average molecular weight is 580 g/mol. The Balaban J connectivity index is 1.55. The molecule has 0 saturated heterocycles. The Hall–Kier alpha value is -3.51. The predicted molar refractivity (Wildman–Crippen MR) is 155 cm³/mol. The first kappa shape index (κ1) is 28.0. The molecule has 5 rings (SSSR count). The molecule has 1 aliphatic rings. The third-order valence-electron chi connectivity index (χ3n) is 7.65. The van der Waals surface area contributed by atoms with Crippen molar-refractivity contribution in [2.45, 2.75) is 44.3 Å². The third kappa shape index (κ3) is 5.42. The van der Waals surface area contributed by atoms with Gasteiger partial charge in [0.1, 0.15) is 22.3 Å². The van der Waals surface area contributed by atoms with Crippen LogP contribution in [0.5, 0.6) is 5.75 Å². The van der Waals surface area contributed by atoms with E-state index in [4.69, 9.17) is 21.6 Å². The minimum absolute atomic E-state index is 0.0348. The van der Waals surface area contributed by atoms with Gasteiger partial charge in [0.05, 0.1) is 33.9 Å². The van der Waals surface area contributed by atoms with Crippen LogP contribution in [0.4, 0.5) is 8.78 Å². The maximum Gasteiger partial charge on any atom is 0.266 e. The predicted octanol–water partition coefficient (Wildman–Crippen LogP) is 7.55. The molecule has 1 heterocycles. The Morgan fingerprint density at radius 2 is 1.75 bits per heavy atom. The molecule has 4 aromatic rings. The van der Waals surface area contributed by atoms with Crippen molar-refractivity contribution in [2.24, 2.45) is 0 Å². The lowest BCUT2D eigenvalue weighted by atomic mass is 9.89. The number of nitrogens with zero attached hydrogens (tertiary/aromatic N) is 2. The normalized spacial score (nSPS) is 17.0. The quantitative estimate of drug-likeness (QED) is 0.245. The number of nitriles is 1. The molecule has 206 valence electrons. The third-order valence-corrected chi connectivity index (χ3v) is 9.33. The van der Waals surface area contributed by atoms with E-state index in [0.29, 0.717) is 17.4 Å². The molecular formula is C31H28ClF2N3O2S. The standard InChI is InChI=1S/C31H28ClF2N3O2S/c1-36-22-8-10-23(11-9-22)37(31(38)30-28(32)27-24(33)12-13-25(34)29(27)40-30)17-21-15-20(7-14-26(21)39-2)19-5-3-18(16-35)4-6-19/h3-7,12-15,22-23,36H,8-11,17H2,1-2H3. The molecule has 3 aromatic carbocycles.